The summed E-state index contributed by atoms with van der Waals surface area (Å²) >= 11 is 0. The van der Waals surface area contributed by atoms with E-state index in [-0.39, 0.29) is 11.1 Å². The van der Waals surface area contributed by atoms with Gasteiger partial charge < -0.3 is 10.2 Å². The van der Waals surface area contributed by atoms with E-state index in [1.165, 1.54) is 18.2 Å². The molecule has 0 saturated heterocycles. The highest BCUT2D eigenvalue weighted by Crippen LogP contribution is 2.09. The average Bonchev–Trinajstić information content (AvgIpc) is 2.02. The minimum Gasteiger partial charge on any atom is -0.478 e. The summed E-state index contributed by atoms with van der Waals surface area (Å²) in [4.78, 5) is 21.3. The van der Waals surface area contributed by atoms with Gasteiger partial charge in [-0.1, -0.05) is 12.1 Å². The maximum atomic E-state index is 10.7. The normalized spacial score (nSPS) is 9.62. The van der Waals surface area contributed by atoms with Gasteiger partial charge in [0, 0.05) is 0 Å². The summed E-state index contributed by atoms with van der Waals surface area (Å²) in [7, 11) is 2.19. The monoisotopic (exact) mass is 198 g/mol. The Balaban J connectivity index is 3.43. The quantitative estimate of drug-likeness (QED) is 0.681. The van der Waals surface area contributed by atoms with E-state index in [1.54, 1.807) is 0 Å². The highest BCUT2D eigenvalue weighted by atomic mass is 31.0. The molecule has 0 saturated carbocycles. The Morgan fingerprint density at radius 1 is 1.15 bits per heavy atom. The fourth-order valence-electron chi connectivity index (χ4n) is 0.987. The van der Waals surface area contributed by atoms with Gasteiger partial charge >= 0.3 is 11.9 Å². The maximum absolute atomic E-state index is 10.7. The summed E-state index contributed by atoms with van der Waals surface area (Å²) in [5.74, 6) is -2.47. The largest absolute Gasteiger partial charge is 0.478 e. The third-order valence-electron chi connectivity index (χ3n) is 1.54. The standard InChI is InChI=1S/C8H7O4P/c9-7(10)4-2-1-3-5(13)6(4)8(11)12/h1-3H,13H2,(H,9,10)(H,11,12). The van der Waals surface area contributed by atoms with E-state index >= 15 is 0 Å². The molecule has 5 heteroatoms. The van der Waals surface area contributed by atoms with Crippen LogP contribution in [0.15, 0.2) is 18.2 Å². The Labute approximate surface area is 76.4 Å². The predicted molar refractivity (Wildman–Crippen MR) is 49.7 cm³/mol. The van der Waals surface area contributed by atoms with Crippen molar-refractivity contribution in [2.24, 2.45) is 0 Å². The number of hydrogen-bond acceptors (Lipinski definition) is 2. The topological polar surface area (TPSA) is 74.6 Å². The van der Waals surface area contributed by atoms with Crippen LogP contribution in [-0.2, 0) is 0 Å². The van der Waals surface area contributed by atoms with E-state index in [0.717, 1.165) is 0 Å². The van der Waals surface area contributed by atoms with Crippen LogP contribution in [0.4, 0.5) is 0 Å². The molecule has 0 fully saturated rings. The highest BCUT2D eigenvalue weighted by Gasteiger charge is 2.17. The molecule has 0 aromatic heterocycles. The lowest BCUT2D eigenvalue weighted by atomic mass is 10.1. The van der Waals surface area contributed by atoms with Gasteiger partial charge in [0.2, 0.25) is 0 Å². The molecule has 1 rings (SSSR count). The molecule has 2 N–H and O–H groups in total. The molecule has 1 unspecified atom stereocenters. The number of carboxylic acid groups (broad SMARTS) is 2. The lowest BCUT2D eigenvalue weighted by Crippen LogP contribution is -2.15. The maximum Gasteiger partial charge on any atom is 0.337 e. The number of carbonyl (C=O) groups is 2. The molecule has 0 heterocycles. The Morgan fingerprint density at radius 3 is 2.15 bits per heavy atom. The highest BCUT2D eigenvalue weighted by molar-refractivity contribution is 7.27. The molecule has 1 aromatic rings. The minimum absolute atomic E-state index is 0.181. The van der Waals surface area contributed by atoms with Crippen molar-refractivity contribution in [1.29, 1.82) is 0 Å². The van der Waals surface area contributed by atoms with E-state index in [4.69, 9.17) is 10.2 Å². The SMILES string of the molecule is O=C(O)c1cccc(P)c1C(=O)O. The van der Waals surface area contributed by atoms with Crippen molar-refractivity contribution in [2.75, 3.05) is 0 Å². The number of rotatable bonds is 2. The minimum atomic E-state index is -1.23. The second-order valence-corrected chi connectivity index (χ2v) is 3.00. The molecule has 0 aliphatic rings. The van der Waals surface area contributed by atoms with Crippen LogP contribution in [0, 0.1) is 0 Å². The number of carboxylic acids is 2. The summed E-state index contributed by atoms with van der Waals surface area (Å²) in [6, 6.07) is 4.29. The third kappa shape index (κ3) is 1.84. The van der Waals surface area contributed by atoms with Gasteiger partial charge in [-0.15, -0.1) is 9.24 Å². The van der Waals surface area contributed by atoms with Crippen LogP contribution in [0.3, 0.4) is 0 Å². The predicted octanol–water partition coefficient (Wildman–Crippen LogP) is 0.583. The van der Waals surface area contributed by atoms with Gasteiger partial charge in [0.1, 0.15) is 0 Å². The molecule has 0 bridgehead atoms. The van der Waals surface area contributed by atoms with Gasteiger partial charge in [0.15, 0.2) is 0 Å². The van der Waals surface area contributed by atoms with Gasteiger partial charge in [-0.05, 0) is 11.4 Å². The lowest BCUT2D eigenvalue weighted by molar-refractivity contribution is 0.0653. The van der Waals surface area contributed by atoms with Crippen molar-refractivity contribution in [3.05, 3.63) is 29.3 Å². The Kier molecular flexibility index (Phi) is 2.63. The van der Waals surface area contributed by atoms with Gasteiger partial charge in [-0.2, -0.15) is 0 Å². The van der Waals surface area contributed by atoms with Crippen LogP contribution in [0.2, 0.25) is 0 Å². The third-order valence-corrected chi connectivity index (χ3v) is 2.02. The molecule has 4 nitrogen and oxygen atoms in total. The van der Waals surface area contributed by atoms with Crippen LogP contribution >= 0.6 is 9.24 Å². The molecular weight excluding hydrogens is 191 g/mol. The van der Waals surface area contributed by atoms with Crippen molar-refractivity contribution >= 4 is 26.5 Å². The van der Waals surface area contributed by atoms with E-state index < -0.39 is 11.9 Å². The zero-order chi connectivity index (χ0) is 10.0. The fraction of sp³-hybridized carbons (Fsp3) is 0. The molecule has 0 amide bonds. The summed E-state index contributed by atoms with van der Waals surface area (Å²) < 4.78 is 0. The first-order valence-electron chi connectivity index (χ1n) is 3.39. The molecule has 13 heavy (non-hydrogen) atoms. The number of hydrogen-bond donors (Lipinski definition) is 2. The van der Waals surface area contributed by atoms with E-state index in [0.29, 0.717) is 5.30 Å². The zero-order valence-corrected chi connectivity index (χ0v) is 7.68. The van der Waals surface area contributed by atoms with Crippen LogP contribution in [0.5, 0.6) is 0 Å². The number of aromatic carboxylic acids is 2. The van der Waals surface area contributed by atoms with Crippen LogP contribution in [0.25, 0.3) is 0 Å². The molecule has 0 radical (unpaired) electrons. The summed E-state index contributed by atoms with van der Waals surface area (Å²) in [6.07, 6.45) is 0. The van der Waals surface area contributed by atoms with Gasteiger partial charge in [-0.25, -0.2) is 9.59 Å². The van der Waals surface area contributed by atoms with E-state index in [1.807, 2.05) is 0 Å². The Bertz CT molecular complexity index is 372. The smallest absolute Gasteiger partial charge is 0.337 e. The number of benzene rings is 1. The molecule has 68 valence electrons. The summed E-state index contributed by atoms with van der Waals surface area (Å²) in [5.41, 5.74) is -0.375. The molecule has 0 aliphatic carbocycles. The lowest BCUT2D eigenvalue weighted by Gasteiger charge is -2.03. The van der Waals surface area contributed by atoms with Crippen molar-refractivity contribution in [2.45, 2.75) is 0 Å². The first-order chi connectivity index (χ1) is 6.04. The van der Waals surface area contributed by atoms with Gasteiger partial charge in [-0.3, -0.25) is 0 Å². The van der Waals surface area contributed by atoms with Crippen molar-refractivity contribution in [3.8, 4) is 0 Å². The molecule has 0 spiro atoms. The van der Waals surface area contributed by atoms with Crippen LogP contribution < -0.4 is 5.30 Å². The fourth-order valence-corrected chi connectivity index (χ4v) is 1.38. The summed E-state index contributed by atoms with van der Waals surface area (Å²) in [5, 5.41) is 17.8. The zero-order valence-electron chi connectivity index (χ0n) is 6.52. The van der Waals surface area contributed by atoms with Gasteiger partial charge in [0.05, 0.1) is 11.1 Å². The first kappa shape index (κ1) is 9.68. The first-order valence-corrected chi connectivity index (χ1v) is 3.97. The van der Waals surface area contributed by atoms with Crippen LogP contribution in [-0.4, -0.2) is 22.2 Å². The second kappa shape index (κ2) is 3.54. The van der Waals surface area contributed by atoms with E-state index in [2.05, 4.69) is 9.24 Å². The van der Waals surface area contributed by atoms with Gasteiger partial charge in [0.25, 0.3) is 0 Å². The second-order valence-electron chi connectivity index (χ2n) is 2.38. The molecule has 0 aliphatic heterocycles. The van der Waals surface area contributed by atoms with Crippen molar-refractivity contribution in [3.63, 3.8) is 0 Å². The van der Waals surface area contributed by atoms with E-state index in [9.17, 15) is 9.59 Å². The average molecular weight is 198 g/mol. The Hall–Kier alpha value is -1.41. The van der Waals surface area contributed by atoms with Crippen molar-refractivity contribution < 1.29 is 19.8 Å². The molecule has 1 aromatic carbocycles. The summed E-state index contributed by atoms with van der Waals surface area (Å²) in [6.45, 7) is 0. The Morgan fingerprint density at radius 2 is 1.77 bits per heavy atom. The van der Waals surface area contributed by atoms with Crippen LogP contribution in [0.1, 0.15) is 20.7 Å². The molecular formula is C8H7O4P. The van der Waals surface area contributed by atoms with Crippen molar-refractivity contribution in [1.82, 2.24) is 0 Å². The molecule has 1 atom stereocenters.